The van der Waals surface area contributed by atoms with Crippen molar-refractivity contribution in [3.05, 3.63) is 83.2 Å². The van der Waals surface area contributed by atoms with E-state index in [2.05, 4.69) is 9.98 Å². The number of hydrogen-bond acceptors (Lipinski definition) is 6. The number of hydrogen-bond donors (Lipinski definition) is 2. The van der Waals surface area contributed by atoms with Crippen LogP contribution >= 0.6 is 0 Å². The van der Waals surface area contributed by atoms with Gasteiger partial charge in [0.25, 0.3) is 20.2 Å². The molecule has 0 fully saturated rings. The van der Waals surface area contributed by atoms with Gasteiger partial charge >= 0.3 is 0 Å². The summed E-state index contributed by atoms with van der Waals surface area (Å²) in [5, 5.41) is 0. The molecule has 30 heavy (non-hydrogen) atoms. The van der Waals surface area contributed by atoms with Crippen LogP contribution in [-0.2, 0) is 20.2 Å². The van der Waals surface area contributed by atoms with Crippen molar-refractivity contribution in [3.63, 3.8) is 0 Å². The van der Waals surface area contributed by atoms with Gasteiger partial charge in [0.05, 0.1) is 9.79 Å². The Morgan fingerprint density at radius 2 is 0.900 bits per heavy atom. The minimum atomic E-state index is -4.02. The van der Waals surface area contributed by atoms with Crippen molar-refractivity contribution in [2.24, 2.45) is 9.98 Å². The predicted octanol–water partition coefficient (Wildman–Crippen LogP) is 3.41. The van der Waals surface area contributed by atoms with E-state index in [0.717, 1.165) is 22.3 Å². The molecule has 2 aliphatic rings. The van der Waals surface area contributed by atoms with Gasteiger partial charge in [-0.3, -0.25) is 19.1 Å². The Hall–Kier alpha value is -2.92. The van der Waals surface area contributed by atoms with E-state index in [4.69, 9.17) is 9.11 Å². The van der Waals surface area contributed by atoms with Crippen molar-refractivity contribution in [1.29, 1.82) is 0 Å². The van der Waals surface area contributed by atoms with Gasteiger partial charge in [-0.2, -0.15) is 16.8 Å². The van der Waals surface area contributed by atoms with Crippen LogP contribution in [0.15, 0.2) is 91.9 Å². The Kier molecular flexibility index (Phi) is 7.57. The van der Waals surface area contributed by atoms with Crippen molar-refractivity contribution in [2.75, 3.05) is 0 Å². The fraction of sp³-hybridized carbons (Fsp3) is 0.100. The number of benzene rings is 2. The minimum Gasteiger partial charge on any atom is -0.282 e. The molecule has 2 N–H and O–H groups in total. The highest BCUT2D eigenvalue weighted by molar-refractivity contribution is 7.86. The van der Waals surface area contributed by atoms with Crippen LogP contribution in [0.3, 0.4) is 0 Å². The maximum Gasteiger partial charge on any atom is 0.294 e. The Morgan fingerprint density at radius 1 is 0.600 bits per heavy atom. The summed E-state index contributed by atoms with van der Waals surface area (Å²) in [6, 6.07) is 12.0. The predicted molar refractivity (Wildman–Crippen MR) is 115 cm³/mol. The number of fused-ring (bicyclic) bond motifs is 1. The van der Waals surface area contributed by atoms with Crippen LogP contribution in [0.1, 0.15) is 11.1 Å². The highest BCUT2D eigenvalue weighted by Crippen LogP contribution is 2.16. The van der Waals surface area contributed by atoms with Crippen LogP contribution in [0.4, 0.5) is 0 Å². The third-order valence-electron chi connectivity index (χ3n) is 3.83. The van der Waals surface area contributed by atoms with E-state index < -0.39 is 20.2 Å². The first kappa shape index (κ1) is 23.4. The first-order valence-corrected chi connectivity index (χ1v) is 11.4. The molecular weight excluding hydrogens is 428 g/mol. The molecule has 2 aromatic rings. The summed E-state index contributed by atoms with van der Waals surface area (Å²) in [4.78, 5) is 7.71. The zero-order valence-electron chi connectivity index (χ0n) is 16.2. The summed E-state index contributed by atoms with van der Waals surface area (Å²) in [6.07, 6.45) is 7.23. The lowest BCUT2D eigenvalue weighted by atomic mass is 10.2. The largest absolute Gasteiger partial charge is 0.294 e. The van der Waals surface area contributed by atoms with E-state index in [0.29, 0.717) is 0 Å². The molecule has 0 radical (unpaired) electrons. The smallest absolute Gasteiger partial charge is 0.282 e. The van der Waals surface area contributed by atoms with Crippen LogP contribution in [0.2, 0.25) is 0 Å². The minimum absolute atomic E-state index is 0.0666. The van der Waals surface area contributed by atoms with Crippen LogP contribution in [0.5, 0.6) is 0 Å². The highest BCUT2D eigenvalue weighted by Gasteiger charge is 2.08. The van der Waals surface area contributed by atoms with Crippen LogP contribution in [-0.4, -0.2) is 38.4 Å². The third kappa shape index (κ3) is 7.16. The Bertz CT molecular complexity index is 1120. The van der Waals surface area contributed by atoms with E-state index in [9.17, 15) is 16.8 Å². The van der Waals surface area contributed by atoms with Crippen molar-refractivity contribution in [2.45, 2.75) is 23.6 Å². The lowest BCUT2D eigenvalue weighted by molar-refractivity contribution is 0.481. The summed E-state index contributed by atoms with van der Waals surface area (Å²) >= 11 is 0. The summed E-state index contributed by atoms with van der Waals surface area (Å²) in [6.45, 7) is 3.68. The first-order chi connectivity index (χ1) is 14.0. The monoisotopic (exact) mass is 448 g/mol. The molecule has 0 spiro atoms. The van der Waals surface area contributed by atoms with Crippen molar-refractivity contribution in [1.82, 2.24) is 0 Å². The molecule has 0 saturated heterocycles. The lowest BCUT2D eigenvalue weighted by Gasteiger charge is -1.95. The molecule has 0 aromatic heterocycles. The molecule has 10 heteroatoms. The molecule has 0 amide bonds. The zero-order valence-corrected chi connectivity index (χ0v) is 17.8. The molecule has 8 nitrogen and oxygen atoms in total. The molecule has 0 aliphatic carbocycles. The third-order valence-corrected chi connectivity index (χ3v) is 5.56. The number of aliphatic imine (C=N–C) groups is 2. The number of nitrogens with zero attached hydrogens (tertiary/aromatic N) is 2. The average Bonchev–Trinajstić information content (AvgIpc) is 3.27. The van der Waals surface area contributed by atoms with Gasteiger partial charge in [0.15, 0.2) is 0 Å². The molecule has 0 unspecified atom stereocenters. The van der Waals surface area contributed by atoms with Gasteiger partial charge in [0, 0.05) is 36.0 Å². The topological polar surface area (TPSA) is 133 Å². The maximum atomic E-state index is 10.5. The molecule has 2 aromatic carbocycles. The van der Waals surface area contributed by atoms with Gasteiger partial charge in [-0.05, 0) is 38.1 Å². The number of rotatable bonds is 2. The van der Waals surface area contributed by atoms with Crippen molar-refractivity contribution in [3.8, 4) is 0 Å². The summed E-state index contributed by atoms with van der Waals surface area (Å²) < 4.78 is 59.1. The van der Waals surface area contributed by atoms with Gasteiger partial charge in [0.2, 0.25) is 0 Å². The quantitative estimate of drug-likeness (QED) is 0.676. The van der Waals surface area contributed by atoms with Gasteiger partial charge in [-0.15, -0.1) is 0 Å². The van der Waals surface area contributed by atoms with E-state index in [1.807, 2.05) is 38.7 Å². The highest BCUT2D eigenvalue weighted by atomic mass is 32.2. The molecule has 0 bridgehead atoms. The Morgan fingerprint density at radius 3 is 1.17 bits per heavy atom. The average molecular weight is 449 g/mol. The summed E-state index contributed by atoms with van der Waals surface area (Å²) in [7, 11) is -8.04. The zero-order chi connectivity index (χ0) is 22.4. The molecule has 158 valence electrons. The second-order valence-electron chi connectivity index (χ2n) is 6.30. The Labute approximate surface area is 175 Å². The van der Waals surface area contributed by atoms with Gasteiger partial charge in [0.1, 0.15) is 0 Å². The fourth-order valence-corrected chi connectivity index (χ4v) is 3.14. The molecule has 0 atom stereocenters. The van der Waals surface area contributed by atoms with Crippen LogP contribution < -0.4 is 0 Å². The van der Waals surface area contributed by atoms with Crippen LogP contribution in [0.25, 0.3) is 0 Å². The Balaban J connectivity index is 0.000000162. The molecule has 0 saturated carbocycles. The standard InChI is InChI=1S/2C7H8O3S.C6H4N2/c2*1-6-2-4-7(5-3-6)11(8,9)10;1-5-2-8-4-6(5)3-7-1/h2*2-5H,1H3,(H,8,9,10);1-4H. The molecule has 4 rings (SSSR count). The normalized spacial score (nSPS) is 14.0. The molecule has 2 heterocycles. The second kappa shape index (κ2) is 9.72. The first-order valence-electron chi connectivity index (χ1n) is 8.52. The van der Waals surface area contributed by atoms with E-state index in [1.165, 1.54) is 24.3 Å². The van der Waals surface area contributed by atoms with Crippen LogP contribution in [0, 0.1) is 13.8 Å². The second-order valence-corrected chi connectivity index (χ2v) is 9.14. The van der Waals surface area contributed by atoms with E-state index in [-0.39, 0.29) is 9.79 Å². The van der Waals surface area contributed by atoms with E-state index >= 15 is 0 Å². The summed E-state index contributed by atoms with van der Waals surface area (Å²) in [5.74, 6) is 0. The van der Waals surface area contributed by atoms with Gasteiger partial charge < -0.3 is 0 Å². The van der Waals surface area contributed by atoms with Crippen molar-refractivity contribution >= 4 is 32.7 Å². The molecular formula is C20H20N2O6S2. The maximum absolute atomic E-state index is 10.5. The lowest BCUT2D eigenvalue weighted by Crippen LogP contribution is -1.96. The van der Waals surface area contributed by atoms with Gasteiger partial charge in [-0.25, -0.2) is 0 Å². The number of aryl methyl sites for hydroxylation is 2. The SMILES string of the molecule is C1=NC=C2C=NC=C12.Cc1ccc(S(=O)(=O)O)cc1.Cc1ccc(S(=O)(=O)O)cc1. The number of allylic oxidation sites excluding steroid dienone is 2. The summed E-state index contributed by atoms with van der Waals surface area (Å²) in [5.41, 5.74) is 4.17. The molecule has 2 aliphatic heterocycles. The van der Waals surface area contributed by atoms with E-state index in [1.54, 1.807) is 24.3 Å². The van der Waals surface area contributed by atoms with Gasteiger partial charge in [-0.1, -0.05) is 35.4 Å². The fourth-order valence-electron chi connectivity index (χ4n) is 2.18. The van der Waals surface area contributed by atoms with Crippen molar-refractivity contribution < 1.29 is 25.9 Å².